The molecule has 2 saturated heterocycles. The van der Waals surface area contributed by atoms with Gasteiger partial charge in [-0.2, -0.15) is 5.10 Å². The minimum Gasteiger partial charge on any atom is -0.387 e. The van der Waals surface area contributed by atoms with E-state index in [0.717, 1.165) is 74.3 Å². The van der Waals surface area contributed by atoms with E-state index in [1.807, 2.05) is 12.1 Å². The van der Waals surface area contributed by atoms with E-state index in [2.05, 4.69) is 22.6 Å². The Balaban J connectivity index is 1.19. The Bertz CT molecular complexity index is 1070. The molecule has 3 heterocycles. The van der Waals surface area contributed by atoms with E-state index >= 15 is 0 Å². The summed E-state index contributed by atoms with van der Waals surface area (Å²) in [5, 5.41) is 15.8. The highest BCUT2D eigenvalue weighted by atomic mass is 35.5. The Kier molecular flexibility index (Phi) is 7.09. The van der Waals surface area contributed by atoms with E-state index in [1.165, 1.54) is 11.4 Å². The number of nitrogens with zero attached hydrogens (tertiary/aromatic N) is 4. The number of carbonyl (C=O) groups is 1. The molecule has 6 nitrogen and oxygen atoms in total. The summed E-state index contributed by atoms with van der Waals surface area (Å²) in [5.41, 5.74) is 4.02. The fourth-order valence-corrected chi connectivity index (χ4v) is 6.15. The van der Waals surface area contributed by atoms with Gasteiger partial charge in [0.15, 0.2) is 5.69 Å². The molecule has 0 radical (unpaired) electrons. The number of amides is 1. The smallest absolute Gasteiger partial charge is 0.274 e. The molecule has 35 heavy (non-hydrogen) atoms. The maximum atomic E-state index is 13.3. The number of aromatic nitrogens is 2. The first-order valence-electron chi connectivity index (χ1n) is 13.0. The van der Waals surface area contributed by atoms with Crippen molar-refractivity contribution < 1.29 is 14.3 Å². The number of aliphatic hydroxyl groups is 1. The van der Waals surface area contributed by atoms with Crippen LogP contribution in [0.15, 0.2) is 18.2 Å². The maximum absolute atomic E-state index is 13.3. The van der Waals surface area contributed by atoms with Crippen molar-refractivity contribution in [2.24, 2.45) is 5.92 Å². The molecule has 3 aliphatic rings. The summed E-state index contributed by atoms with van der Waals surface area (Å²) >= 11 is 6.33. The zero-order chi connectivity index (χ0) is 24.6. The van der Waals surface area contributed by atoms with Crippen molar-refractivity contribution >= 4 is 23.2 Å². The number of fused-ring (bicyclic) bond motifs is 1. The van der Waals surface area contributed by atoms with Crippen molar-refractivity contribution in [1.29, 1.82) is 0 Å². The van der Waals surface area contributed by atoms with Gasteiger partial charge in [-0.1, -0.05) is 17.7 Å². The number of benzene rings is 1. The van der Waals surface area contributed by atoms with Crippen molar-refractivity contribution in [3.8, 4) is 0 Å². The van der Waals surface area contributed by atoms with Crippen molar-refractivity contribution in [3.63, 3.8) is 0 Å². The Morgan fingerprint density at radius 1 is 1.20 bits per heavy atom. The van der Waals surface area contributed by atoms with Crippen LogP contribution in [0.3, 0.4) is 0 Å². The molecule has 2 aromatic rings. The van der Waals surface area contributed by atoms with Gasteiger partial charge in [0.25, 0.3) is 5.91 Å². The number of aryl methyl sites for hydroxylation is 1. The number of alkyl halides is 1. The molecule has 0 bridgehead atoms. The molecule has 1 aliphatic carbocycles. The van der Waals surface area contributed by atoms with E-state index in [9.17, 15) is 14.3 Å². The van der Waals surface area contributed by atoms with E-state index in [0.29, 0.717) is 24.7 Å². The molecule has 5 rings (SSSR count). The van der Waals surface area contributed by atoms with Gasteiger partial charge >= 0.3 is 0 Å². The highest BCUT2D eigenvalue weighted by molar-refractivity contribution is 6.31. The van der Waals surface area contributed by atoms with Crippen LogP contribution in [0.2, 0.25) is 5.02 Å². The molecule has 1 aromatic carbocycles. The van der Waals surface area contributed by atoms with Crippen molar-refractivity contribution in [1.82, 2.24) is 14.7 Å². The normalized spacial score (nSPS) is 20.3. The van der Waals surface area contributed by atoms with Gasteiger partial charge in [-0.25, -0.2) is 4.39 Å². The lowest BCUT2D eigenvalue weighted by atomic mass is 9.92. The minimum absolute atomic E-state index is 0.0620. The maximum Gasteiger partial charge on any atom is 0.274 e. The second-order valence-corrected chi connectivity index (χ2v) is 11.0. The summed E-state index contributed by atoms with van der Waals surface area (Å²) in [6, 6.07) is 6.14. The van der Waals surface area contributed by atoms with Gasteiger partial charge in [-0.3, -0.25) is 9.48 Å². The number of rotatable bonds is 6. The number of carbonyl (C=O) groups excluding carboxylic acids is 1. The Hall–Kier alpha value is -2.12. The first-order valence-corrected chi connectivity index (χ1v) is 13.4. The third-order valence-corrected chi connectivity index (χ3v) is 8.79. The number of hydrogen-bond donors (Lipinski definition) is 1. The molecule has 0 unspecified atom stereocenters. The molecule has 2 aliphatic heterocycles. The molecular formula is C27H36ClFN4O2. The topological polar surface area (TPSA) is 61.6 Å². The predicted octanol–water partition coefficient (Wildman–Crippen LogP) is 4.58. The molecule has 0 spiro atoms. The zero-order valence-corrected chi connectivity index (χ0v) is 21.4. The van der Waals surface area contributed by atoms with Crippen LogP contribution < -0.4 is 4.90 Å². The SMILES string of the molecule is Cc1c(Cl)cccc1N1CCC(CCn2nc(C(=O)N3CCC(O)(CF)CC3)c3c2CCC3)CC1. The Labute approximate surface area is 212 Å². The minimum atomic E-state index is -1.28. The van der Waals surface area contributed by atoms with Crippen LogP contribution in [0.4, 0.5) is 10.1 Å². The standard InChI is InChI=1S/C27H36ClFN4O2/c1-19-22(28)5-3-6-23(19)31-13-8-20(9-14-31)10-15-33-24-7-2-4-21(24)25(30-33)26(34)32-16-11-27(35,18-29)12-17-32/h3,5-6,20,35H,2,4,7-18H2,1H3. The van der Waals surface area contributed by atoms with E-state index in [4.69, 9.17) is 16.7 Å². The summed E-state index contributed by atoms with van der Waals surface area (Å²) < 4.78 is 15.2. The average Bonchev–Trinajstić information content (AvgIpc) is 3.48. The van der Waals surface area contributed by atoms with E-state index in [-0.39, 0.29) is 18.7 Å². The van der Waals surface area contributed by atoms with E-state index < -0.39 is 12.3 Å². The molecule has 8 heteroatoms. The second kappa shape index (κ2) is 10.1. The van der Waals surface area contributed by atoms with Gasteiger partial charge in [-0.05, 0) is 81.9 Å². The molecule has 1 N–H and O–H groups in total. The van der Waals surface area contributed by atoms with Crippen molar-refractivity contribution in [2.75, 3.05) is 37.8 Å². The Morgan fingerprint density at radius 2 is 1.94 bits per heavy atom. The molecule has 1 amide bonds. The van der Waals surface area contributed by atoms with Crippen molar-refractivity contribution in [2.45, 2.75) is 70.4 Å². The largest absolute Gasteiger partial charge is 0.387 e. The molecule has 0 saturated carbocycles. The lowest BCUT2D eigenvalue weighted by Gasteiger charge is -2.36. The summed E-state index contributed by atoms with van der Waals surface area (Å²) in [5.74, 6) is 0.583. The zero-order valence-electron chi connectivity index (χ0n) is 20.6. The first-order chi connectivity index (χ1) is 16.9. The van der Waals surface area contributed by atoms with E-state index in [1.54, 1.807) is 4.90 Å². The summed E-state index contributed by atoms with van der Waals surface area (Å²) in [4.78, 5) is 17.4. The molecule has 2 fully saturated rings. The van der Waals surface area contributed by atoms with Gasteiger partial charge in [0, 0.05) is 54.7 Å². The lowest BCUT2D eigenvalue weighted by Crippen LogP contribution is -2.48. The second-order valence-electron chi connectivity index (χ2n) is 10.6. The van der Waals surface area contributed by atoms with Crippen LogP contribution in [0.25, 0.3) is 0 Å². The van der Waals surface area contributed by atoms with Gasteiger partial charge in [0.2, 0.25) is 0 Å². The average molecular weight is 503 g/mol. The van der Waals surface area contributed by atoms with Gasteiger partial charge < -0.3 is 14.9 Å². The molecular weight excluding hydrogens is 467 g/mol. The van der Waals surface area contributed by atoms with Crippen LogP contribution in [0, 0.1) is 12.8 Å². The molecule has 0 atom stereocenters. The predicted molar refractivity (Wildman–Crippen MR) is 136 cm³/mol. The summed E-state index contributed by atoms with van der Waals surface area (Å²) in [7, 11) is 0. The fourth-order valence-electron chi connectivity index (χ4n) is 5.98. The quantitative estimate of drug-likeness (QED) is 0.628. The summed E-state index contributed by atoms with van der Waals surface area (Å²) in [6.07, 6.45) is 6.86. The third kappa shape index (κ3) is 4.94. The van der Waals surface area contributed by atoms with Gasteiger partial charge in [0.05, 0.1) is 5.60 Å². The third-order valence-electron chi connectivity index (χ3n) is 8.38. The van der Waals surface area contributed by atoms with Gasteiger partial charge in [-0.15, -0.1) is 0 Å². The lowest BCUT2D eigenvalue weighted by molar-refractivity contribution is -0.0335. The number of piperidine rings is 2. The van der Waals surface area contributed by atoms with Crippen LogP contribution in [-0.4, -0.2) is 64.1 Å². The highest BCUT2D eigenvalue weighted by Gasteiger charge is 2.36. The highest BCUT2D eigenvalue weighted by Crippen LogP contribution is 2.32. The first kappa shape index (κ1) is 24.6. The van der Waals surface area contributed by atoms with Crippen LogP contribution in [0.5, 0.6) is 0 Å². The van der Waals surface area contributed by atoms with Gasteiger partial charge in [0.1, 0.15) is 6.67 Å². The monoisotopic (exact) mass is 502 g/mol. The number of likely N-dealkylation sites (tertiary alicyclic amines) is 1. The number of halogens is 2. The van der Waals surface area contributed by atoms with Crippen LogP contribution in [-0.2, 0) is 19.4 Å². The van der Waals surface area contributed by atoms with Crippen molar-refractivity contribution in [3.05, 3.63) is 45.7 Å². The fraction of sp³-hybridized carbons (Fsp3) is 0.630. The van der Waals surface area contributed by atoms with Crippen LogP contribution in [0.1, 0.15) is 65.8 Å². The van der Waals surface area contributed by atoms with Crippen LogP contribution >= 0.6 is 11.6 Å². The molecule has 190 valence electrons. The molecule has 1 aromatic heterocycles. The Morgan fingerprint density at radius 3 is 2.66 bits per heavy atom. The number of anilines is 1. The number of hydrogen-bond acceptors (Lipinski definition) is 4. The summed E-state index contributed by atoms with van der Waals surface area (Å²) in [6.45, 7) is 5.01.